The molecule has 0 aliphatic heterocycles. The molecule has 3 aromatic rings. The van der Waals surface area contributed by atoms with Crippen LogP contribution in [0.4, 0.5) is 5.69 Å². The number of nitrogens with one attached hydrogen (secondary N) is 1. The Bertz CT molecular complexity index is 1470. The zero-order chi connectivity index (χ0) is 30.3. The van der Waals surface area contributed by atoms with Gasteiger partial charge in [-0.05, 0) is 87.6 Å². The normalized spacial score (nSPS) is 12.9. The Balaban J connectivity index is 2.10. The molecule has 7 nitrogen and oxygen atoms in total. The molecule has 0 aliphatic carbocycles. The molecule has 0 aromatic heterocycles. The summed E-state index contributed by atoms with van der Waals surface area (Å²) < 4.78 is 29.2. The van der Waals surface area contributed by atoms with Gasteiger partial charge >= 0.3 is 0 Å². The molecule has 2 atom stereocenters. The molecule has 41 heavy (non-hydrogen) atoms. The topological polar surface area (TPSA) is 86.8 Å². The second-order valence-electron chi connectivity index (χ2n) is 10.4. The van der Waals surface area contributed by atoms with E-state index in [0.29, 0.717) is 22.7 Å². The zero-order valence-corrected chi connectivity index (χ0v) is 26.2. The fraction of sp³-hybridized carbons (Fsp3) is 0.375. The Kier molecular flexibility index (Phi) is 11.0. The van der Waals surface area contributed by atoms with Gasteiger partial charge in [-0.3, -0.25) is 13.9 Å². The number of aryl methyl sites for hydroxylation is 3. The van der Waals surface area contributed by atoms with E-state index in [9.17, 15) is 18.0 Å². The van der Waals surface area contributed by atoms with Crippen molar-refractivity contribution >= 4 is 39.1 Å². The number of nitrogens with zero attached hydrogens (tertiary/aromatic N) is 2. The number of sulfonamides is 1. The lowest BCUT2D eigenvalue weighted by Crippen LogP contribution is -2.53. The summed E-state index contributed by atoms with van der Waals surface area (Å²) in [6, 6.07) is 18.1. The van der Waals surface area contributed by atoms with E-state index >= 15 is 0 Å². The molecule has 0 bridgehead atoms. The first-order valence-corrected chi connectivity index (χ1v) is 15.7. The number of halogens is 1. The van der Waals surface area contributed by atoms with E-state index in [-0.39, 0.29) is 23.4 Å². The van der Waals surface area contributed by atoms with Gasteiger partial charge in [0.25, 0.3) is 10.0 Å². The number of amides is 2. The van der Waals surface area contributed by atoms with E-state index in [1.54, 1.807) is 54.6 Å². The van der Waals surface area contributed by atoms with Crippen molar-refractivity contribution in [3.63, 3.8) is 0 Å². The molecule has 9 heteroatoms. The van der Waals surface area contributed by atoms with Gasteiger partial charge in [0.1, 0.15) is 12.6 Å². The van der Waals surface area contributed by atoms with E-state index < -0.39 is 28.5 Å². The van der Waals surface area contributed by atoms with Crippen LogP contribution in [0.1, 0.15) is 55.9 Å². The third kappa shape index (κ3) is 7.89. The number of hydrogen-bond donors (Lipinski definition) is 1. The lowest BCUT2D eigenvalue weighted by molar-refractivity contribution is -0.140. The van der Waals surface area contributed by atoms with Gasteiger partial charge in [-0.15, -0.1) is 0 Å². The van der Waals surface area contributed by atoms with E-state index in [2.05, 4.69) is 5.32 Å². The SMILES string of the molecule is CC[C@@H](C)NC(=O)[C@H](CC)N(Cc1ccccc1Cl)C(=O)CN(c1ccc(C)c(C)c1)S(=O)(=O)c1ccc(C)cc1. The van der Waals surface area contributed by atoms with E-state index in [0.717, 1.165) is 27.4 Å². The summed E-state index contributed by atoms with van der Waals surface area (Å²) in [5.41, 5.74) is 3.85. The minimum absolute atomic E-state index is 0.0519. The number of benzene rings is 3. The number of carbonyl (C=O) groups is 2. The maximum absolute atomic E-state index is 14.2. The monoisotopic (exact) mass is 597 g/mol. The number of anilines is 1. The van der Waals surface area contributed by atoms with E-state index in [1.807, 2.05) is 53.7 Å². The van der Waals surface area contributed by atoms with Gasteiger partial charge in [0, 0.05) is 17.6 Å². The maximum Gasteiger partial charge on any atom is 0.264 e. The first-order valence-electron chi connectivity index (χ1n) is 13.9. The van der Waals surface area contributed by atoms with Crippen molar-refractivity contribution in [2.45, 2.75) is 77.9 Å². The van der Waals surface area contributed by atoms with Crippen LogP contribution in [0.3, 0.4) is 0 Å². The smallest absolute Gasteiger partial charge is 0.264 e. The Morgan fingerprint density at radius 3 is 2.15 bits per heavy atom. The van der Waals surface area contributed by atoms with Crippen molar-refractivity contribution < 1.29 is 18.0 Å². The van der Waals surface area contributed by atoms with Crippen molar-refractivity contribution in [1.29, 1.82) is 0 Å². The highest BCUT2D eigenvalue weighted by Crippen LogP contribution is 2.27. The first kappa shape index (κ1) is 32.2. The molecule has 0 fully saturated rings. The fourth-order valence-electron chi connectivity index (χ4n) is 4.42. The summed E-state index contributed by atoms with van der Waals surface area (Å²) >= 11 is 6.46. The van der Waals surface area contributed by atoms with Crippen LogP contribution in [0.2, 0.25) is 5.02 Å². The molecular weight excluding hydrogens is 558 g/mol. The van der Waals surface area contributed by atoms with Gasteiger partial charge in [0.05, 0.1) is 10.6 Å². The van der Waals surface area contributed by atoms with Crippen LogP contribution in [0.15, 0.2) is 71.6 Å². The molecule has 0 aliphatic rings. The maximum atomic E-state index is 14.2. The molecule has 0 heterocycles. The number of carbonyl (C=O) groups excluding carboxylic acids is 2. The van der Waals surface area contributed by atoms with Gasteiger partial charge in [0.15, 0.2) is 0 Å². The molecule has 220 valence electrons. The summed E-state index contributed by atoms with van der Waals surface area (Å²) in [6.07, 6.45) is 1.07. The third-order valence-corrected chi connectivity index (χ3v) is 9.51. The van der Waals surface area contributed by atoms with Crippen LogP contribution in [0.25, 0.3) is 0 Å². The predicted molar refractivity (Wildman–Crippen MR) is 166 cm³/mol. The Labute approximate surface area is 249 Å². The van der Waals surface area contributed by atoms with Crippen LogP contribution in [-0.4, -0.2) is 43.8 Å². The van der Waals surface area contributed by atoms with Gasteiger partial charge in [-0.25, -0.2) is 8.42 Å². The molecule has 1 N–H and O–H groups in total. The summed E-state index contributed by atoms with van der Waals surface area (Å²) in [5, 5.41) is 3.44. The number of hydrogen-bond acceptors (Lipinski definition) is 4. The van der Waals surface area contributed by atoms with Crippen molar-refractivity contribution in [1.82, 2.24) is 10.2 Å². The average Bonchev–Trinajstić information content (AvgIpc) is 2.94. The highest BCUT2D eigenvalue weighted by Gasteiger charge is 2.34. The summed E-state index contributed by atoms with van der Waals surface area (Å²) in [4.78, 5) is 29.1. The highest BCUT2D eigenvalue weighted by molar-refractivity contribution is 7.92. The van der Waals surface area contributed by atoms with Gasteiger partial charge in [-0.2, -0.15) is 0 Å². The second-order valence-corrected chi connectivity index (χ2v) is 12.7. The standard InChI is InChI=1S/C32H40ClN3O4S/c1-7-25(6)34-32(38)30(8-2)35(20-26-11-9-10-12-29(26)33)31(37)21-36(27-16-15-23(4)24(5)19-27)41(39,40)28-17-13-22(3)14-18-28/h9-19,25,30H,7-8,20-21H2,1-6H3,(H,34,38)/t25-,30+/m1/s1. The third-order valence-electron chi connectivity index (χ3n) is 7.35. The molecule has 0 saturated heterocycles. The average molecular weight is 598 g/mol. The molecule has 3 aromatic carbocycles. The molecule has 3 rings (SSSR count). The quantitative estimate of drug-likeness (QED) is 0.270. The molecule has 0 unspecified atom stereocenters. The summed E-state index contributed by atoms with van der Waals surface area (Å²) in [6.45, 7) is 11.0. The van der Waals surface area contributed by atoms with Crippen LogP contribution in [0.5, 0.6) is 0 Å². The Morgan fingerprint density at radius 1 is 0.902 bits per heavy atom. The first-order chi connectivity index (χ1) is 19.4. The predicted octanol–water partition coefficient (Wildman–Crippen LogP) is 6.18. The van der Waals surface area contributed by atoms with Crippen LogP contribution < -0.4 is 9.62 Å². The van der Waals surface area contributed by atoms with E-state index in [1.165, 1.54) is 4.90 Å². The minimum atomic E-state index is -4.13. The molecular formula is C32H40ClN3O4S. The van der Waals surface area contributed by atoms with E-state index in [4.69, 9.17) is 11.6 Å². The molecule has 0 spiro atoms. The Hall–Kier alpha value is -3.36. The summed E-state index contributed by atoms with van der Waals surface area (Å²) in [7, 11) is -4.13. The van der Waals surface area contributed by atoms with Gasteiger partial charge < -0.3 is 10.2 Å². The largest absolute Gasteiger partial charge is 0.352 e. The molecule has 0 saturated carbocycles. The number of rotatable bonds is 12. The van der Waals surface area contributed by atoms with Crippen molar-refractivity contribution in [3.8, 4) is 0 Å². The Morgan fingerprint density at radius 2 is 1.56 bits per heavy atom. The second kappa shape index (κ2) is 14.0. The van der Waals surface area contributed by atoms with Gasteiger partial charge in [-0.1, -0.05) is 67.4 Å². The van der Waals surface area contributed by atoms with Crippen molar-refractivity contribution in [2.75, 3.05) is 10.8 Å². The van der Waals surface area contributed by atoms with Gasteiger partial charge in [0.2, 0.25) is 11.8 Å². The van der Waals surface area contributed by atoms with Crippen molar-refractivity contribution in [2.24, 2.45) is 0 Å². The van der Waals surface area contributed by atoms with Crippen molar-refractivity contribution in [3.05, 3.63) is 94.0 Å². The highest BCUT2D eigenvalue weighted by atomic mass is 35.5. The van der Waals surface area contributed by atoms with Crippen LogP contribution in [0, 0.1) is 20.8 Å². The minimum Gasteiger partial charge on any atom is -0.352 e. The van der Waals surface area contributed by atoms with Crippen LogP contribution in [-0.2, 0) is 26.2 Å². The van der Waals surface area contributed by atoms with Crippen LogP contribution >= 0.6 is 11.6 Å². The fourth-order valence-corrected chi connectivity index (χ4v) is 6.02. The summed E-state index contributed by atoms with van der Waals surface area (Å²) in [5.74, 6) is -0.800. The zero-order valence-electron chi connectivity index (χ0n) is 24.6. The molecule has 2 amide bonds. The molecule has 0 radical (unpaired) electrons. The lowest BCUT2D eigenvalue weighted by Gasteiger charge is -2.34. The lowest BCUT2D eigenvalue weighted by atomic mass is 10.1.